The van der Waals surface area contributed by atoms with Crippen molar-refractivity contribution in [3.8, 4) is 5.88 Å². The monoisotopic (exact) mass is 1010 g/mol. The lowest BCUT2D eigenvalue weighted by molar-refractivity contribution is -0.384. The van der Waals surface area contributed by atoms with Crippen LogP contribution in [0, 0.1) is 21.4 Å². The number of anilines is 4. The molecule has 19 heteroatoms. The van der Waals surface area contributed by atoms with Gasteiger partial charge in [-0.05, 0) is 128 Å². The molecule has 1 saturated carbocycles. The number of sulfonamides is 1. The average molecular weight is 1010 g/mol. The third-order valence-electron chi connectivity index (χ3n) is 14.1. The number of aromatic amines is 1. The molecule has 70 heavy (non-hydrogen) atoms. The fraction of sp³-hybridized carbons (Fsp3) is 0.451. The number of rotatable bonds is 13. The second-order valence-corrected chi connectivity index (χ2v) is 24.9. The van der Waals surface area contributed by atoms with E-state index in [9.17, 15) is 27.5 Å². The summed E-state index contributed by atoms with van der Waals surface area (Å²) in [5, 5.41) is 17.1. The van der Waals surface area contributed by atoms with Gasteiger partial charge >= 0.3 is 0 Å². The number of pyridine rings is 1. The Hall–Kier alpha value is -5.69. The first-order valence-electron chi connectivity index (χ1n) is 24.1. The highest BCUT2D eigenvalue weighted by molar-refractivity contribution is 7.92. The van der Waals surface area contributed by atoms with Crippen molar-refractivity contribution in [1.29, 1.82) is 0 Å². The minimum Gasteiger partial charge on any atom is -0.476 e. The van der Waals surface area contributed by atoms with Crippen molar-refractivity contribution in [1.82, 2.24) is 19.6 Å². The molecule has 2 fully saturated rings. The standard InChI is InChI=1S/C51H62ClN9O7S2/c1-51(2)20-18-37(43(31-51)35-8-10-38(52)11-9-35)33-58-23-25-59(26-24-58)40-14-16-42(45(29-40)60-22-5-27-68-50-47(60)28-36-19-21-53-48(36)55-50)49(62)57-70(66,67)41-15-17-44(46(30-41)61(63)64)54-32-34-6-12-39(13-7-34)56-69(3,4)65/h8-11,14-17,19,21,28-30,34,39,54H,5-7,12-13,18,20,22-27,31-33H2,1-4H3,(H,53,55)(H,57,62). The van der Waals surface area contributed by atoms with Gasteiger partial charge in [-0.15, -0.1) is 0 Å². The number of nitro benzene ring substituents is 1. The number of nitrogens with one attached hydrogen (secondary N) is 3. The van der Waals surface area contributed by atoms with Crippen molar-refractivity contribution < 1.29 is 27.1 Å². The molecule has 1 amide bonds. The van der Waals surface area contributed by atoms with Crippen molar-refractivity contribution in [2.24, 2.45) is 15.7 Å². The molecule has 16 nitrogen and oxygen atoms in total. The van der Waals surface area contributed by atoms with Crippen molar-refractivity contribution in [3.05, 3.63) is 111 Å². The third-order valence-corrected chi connectivity index (χ3v) is 16.5. The van der Waals surface area contributed by atoms with Crippen molar-refractivity contribution in [2.75, 3.05) is 80.0 Å². The number of carbonyl (C=O) groups is 1. The molecule has 2 aromatic heterocycles. The van der Waals surface area contributed by atoms with E-state index in [4.69, 9.17) is 21.3 Å². The minimum absolute atomic E-state index is 0.0314. The van der Waals surface area contributed by atoms with Crippen LogP contribution in [0.5, 0.6) is 5.88 Å². The molecule has 4 heterocycles. The number of aromatic nitrogens is 2. The number of allylic oxidation sites excluding steroid dienone is 1. The topological polar surface area (TPSA) is 195 Å². The summed E-state index contributed by atoms with van der Waals surface area (Å²) in [5.41, 5.74) is 6.84. The SMILES string of the molecule is CC1(C)CCC(CN2CCN(c3ccc(C(=O)NS(=O)(=O)c4ccc(NCC5CCC(N=S(C)(C)=O)CC5)c([N+](=O)[O-])c4)c(N4CCCOc5nc6[nH]ccc6cc54)c3)CC2)=C(c2ccc(Cl)cc2)C1. The van der Waals surface area contributed by atoms with Gasteiger partial charge in [-0.1, -0.05) is 43.2 Å². The number of amides is 1. The number of H-pyrrole nitrogens is 1. The van der Waals surface area contributed by atoms with Crippen LogP contribution in [0.15, 0.2) is 93.8 Å². The largest absolute Gasteiger partial charge is 0.476 e. The number of fused-ring (bicyclic) bond motifs is 2. The third kappa shape index (κ3) is 11.4. The highest BCUT2D eigenvalue weighted by Gasteiger charge is 2.32. The average Bonchev–Trinajstić information content (AvgIpc) is 3.68. The van der Waals surface area contributed by atoms with E-state index in [1.807, 2.05) is 41.3 Å². The Morgan fingerprint density at radius 3 is 2.44 bits per heavy atom. The van der Waals surface area contributed by atoms with Gasteiger partial charge in [-0.3, -0.25) is 24.0 Å². The normalized spacial score (nSPS) is 20.1. The molecular weight excluding hydrogens is 950 g/mol. The molecule has 2 aliphatic carbocycles. The Kier molecular flexibility index (Phi) is 14.2. The van der Waals surface area contributed by atoms with Crippen LogP contribution >= 0.6 is 11.6 Å². The lowest BCUT2D eigenvalue weighted by Crippen LogP contribution is -2.47. The molecule has 0 radical (unpaired) electrons. The molecule has 4 aliphatic rings. The van der Waals surface area contributed by atoms with Gasteiger partial charge in [0.1, 0.15) is 17.0 Å². The lowest BCUT2D eigenvalue weighted by atomic mass is 9.72. The zero-order valence-corrected chi connectivity index (χ0v) is 42.6. The lowest BCUT2D eigenvalue weighted by Gasteiger charge is -2.39. The maximum absolute atomic E-state index is 14.5. The molecule has 0 spiro atoms. The van der Waals surface area contributed by atoms with Crippen molar-refractivity contribution >= 4 is 82.3 Å². The number of halogens is 1. The van der Waals surface area contributed by atoms with E-state index >= 15 is 0 Å². The second kappa shape index (κ2) is 20.2. The molecule has 3 aromatic carbocycles. The fourth-order valence-corrected chi connectivity index (χ4v) is 12.4. The zero-order valence-electron chi connectivity index (χ0n) is 40.2. The maximum atomic E-state index is 14.5. The van der Waals surface area contributed by atoms with Gasteiger partial charge in [0, 0.05) is 96.4 Å². The molecule has 0 atom stereocenters. The maximum Gasteiger partial charge on any atom is 0.293 e. The van der Waals surface area contributed by atoms with Gasteiger partial charge in [0.15, 0.2) is 0 Å². The fourth-order valence-electron chi connectivity index (χ4n) is 10.3. The summed E-state index contributed by atoms with van der Waals surface area (Å²) in [6.45, 7) is 9.97. The van der Waals surface area contributed by atoms with Crippen LogP contribution in [0.1, 0.15) is 81.1 Å². The van der Waals surface area contributed by atoms with Gasteiger partial charge < -0.3 is 24.8 Å². The zero-order chi connectivity index (χ0) is 49.4. The summed E-state index contributed by atoms with van der Waals surface area (Å²) < 4.78 is 53.1. The predicted octanol–water partition coefficient (Wildman–Crippen LogP) is 9.65. The number of piperazine rings is 1. The van der Waals surface area contributed by atoms with Crippen LogP contribution in [-0.2, 0) is 19.8 Å². The Morgan fingerprint density at radius 2 is 1.71 bits per heavy atom. The van der Waals surface area contributed by atoms with Gasteiger partial charge in [0.25, 0.3) is 21.6 Å². The smallest absolute Gasteiger partial charge is 0.293 e. The van der Waals surface area contributed by atoms with Crippen molar-refractivity contribution in [2.45, 2.75) is 76.2 Å². The summed E-state index contributed by atoms with van der Waals surface area (Å²) in [6.07, 6.45) is 12.0. The molecule has 0 unspecified atom stereocenters. The molecule has 0 bridgehead atoms. The van der Waals surface area contributed by atoms with Crippen LogP contribution in [0.2, 0.25) is 5.02 Å². The highest BCUT2D eigenvalue weighted by atomic mass is 35.5. The first-order chi connectivity index (χ1) is 33.4. The van der Waals surface area contributed by atoms with Crippen molar-refractivity contribution in [3.63, 3.8) is 0 Å². The number of hydrogen-bond acceptors (Lipinski definition) is 13. The Morgan fingerprint density at radius 1 is 0.957 bits per heavy atom. The van der Waals surface area contributed by atoms with Gasteiger partial charge in [-0.2, -0.15) is 4.98 Å². The van der Waals surface area contributed by atoms with E-state index < -0.39 is 41.2 Å². The van der Waals surface area contributed by atoms with Crippen LogP contribution in [0.25, 0.3) is 16.6 Å². The van der Waals surface area contributed by atoms with E-state index in [0.29, 0.717) is 49.0 Å². The number of nitrogens with zero attached hydrogens (tertiary/aromatic N) is 6. The number of ether oxygens (including phenoxy) is 1. The first-order valence-corrected chi connectivity index (χ1v) is 28.3. The first kappa shape index (κ1) is 49.3. The summed E-state index contributed by atoms with van der Waals surface area (Å²) in [6, 6.07) is 21.2. The summed E-state index contributed by atoms with van der Waals surface area (Å²) in [4.78, 5) is 40.5. The van der Waals surface area contributed by atoms with E-state index in [0.717, 1.165) is 99.8 Å². The van der Waals surface area contributed by atoms with Crippen LogP contribution in [0.4, 0.5) is 28.4 Å². The van der Waals surface area contributed by atoms with Gasteiger partial charge in [0.05, 0.1) is 33.7 Å². The molecule has 5 aromatic rings. The molecule has 372 valence electrons. The van der Waals surface area contributed by atoms with E-state index in [1.165, 1.54) is 28.8 Å². The molecule has 3 N–H and O–H groups in total. The predicted molar refractivity (Wildman–Crippen MR) is 279 cm³/mol. The van der Waals surface area contributed by atoms with Gasteiger partial charge in [-0.25, -0.2) is 17.5 Å². The molecule has 9 rings (SSSR count). The molecular formula is C51H62ClN9O7S2. The number of nitro groups is 1. The minimum atomic E-state index is -4.60. The van der Waals surface area contributed by atoms with Crippen LogP contribution in [-0.4, -0.2) is 109 Å². The summed E-state index contributed by atoms with van der Waals surface area (Å²) >= 11 is 6.28. The Bertz CT molecular complexity index is 3050. The van der Waals surface area contributed by atoms with Crippen LogP contribution < -0.4 is 24.6 Å². The van der Waals surface area contributed by atoms with E-state index in [-0.39, 0.29) is 28.6 Å². The van der Waals surface area contributed by atoms with E-state index in [1.54, 1.807) is 24.8 Å². The summed E-state index contributed by atoms with van der Waals surface area (Å²) in [5.74, 6) is -0.288. The Labute approximate surface area is 415 Å². The second-order valence-electron chi connectivity index (χ2n) is 20.2. The molecule has 1 saturated heterocycles. The highest BCUT2D eigenvalue weighted by Crippen LogP contribution is 2.44. The number of carbonyl (C=O) groups excluding carboxylic acids is 1. The Balaban J connectivity index is 0.957. The molecule has 2 aliphatic heterocycles. The number of benzene rings is 3. The van der Waals surface area contributed by atoms with E-state index in [2.05, 4.69) is 55.2 Å². The quantitative estimate of drug-likeness (QED) is 0.0748. The number of hydrogen-bond donors (Lipinski definition) is 3. The summed E-state index contributed by atoms with van der Waals surface area (Å²) in [7, 11) is -6.81. The van der Waals surface area contributed by atoms with Crippen LogP contribution in [0.3, 0.4) is 0 Å². The van der Waals surface area contributed by atoms with Gasteiger partial charge in [0.2, 0.25) is 5.88 Å².